The lowest BCUT2D eigenvalue weighted by atomic mass is 10.0. The summed E-state index contributed by atoms with van der Waals surface area (Å²) in [5.74, 6) is 0.637. The molecular formula is C13H20N4O. The third-order valence-electron chi connectivity index (χ3n) is 3.39. The normalized spacial score (nSPS) is 20.6. The highest BCUT2D eigenvalue weighted by molar-refractivity contribution is 5.81. The monoisotopic (exact) mass is 248 g/mol. The average Bonchev–Trinajstić information content (AvgIpc) is 2.38. The van der Waals surface area contributed by atoms with Crippen molar-refractivity contribution in [3.63, 3.8) is 0 Å². The summed E-state index contributed by atoms with van der Waals surface area (Å²) in [7, 11) is 1.69. The quantitative estimate of drug-likeness (QED) is 0.828. The number of nitrogens with zero attached hydrogens (tertiary/aromatic N) is 2. The predicted octanol–water partition coefficient (Wildman–Crippen LogP) is 0.764. The highest BCUT2D eigenvalue weighted by atomic mass is 16.2. The number of likely N-dealkylation sites (tertiary alicyclic amines) is 1. The highest BCUT2D eigenvalue weighted by Gasteiger charge is 2.27. The zero-order valence-electron chi connectivity index (χ0n) is 10.7. The van der Waals surface area contributed by atoms with Gasteiger partial charge in [-0.2, -0.15) is 0 Å². The number of carbonyl (C=O) groups is 1. The van der Waals surface area contributed by atoms with E-state index in [-0.39, 0.29) is 11.9 Å². The first-order valence-corrected chi connectivity index (χ1v) is 6.37. The molecule has 0 radical (unpaired) electrons. The van der Waals surface area contributed by atoms with E-state index < -0.39 is 0 Å². The van der Waals surface area contributed by atoms with Crippen LogP contribution in [0.15, 0.2) is 18.3 Å². The van der Waals surface area contributed by atoms with Gasteiger partial charge in [0.25, 0.3) is 0 Å². The Balaban J connectivity index is 2.07. The second kappa shape index (κ2) is 5.82. The number of rotatable bonds is 3. The summed E-state index contributed by atoms with van der Waals surface area (Å²) in [4.78, 5) is 18.0. The van der Waals surface area contributed by atoms with Crippen LogP contribution in [-0.2, 0) is 11.3 Å². The lowest BCUT2D eigenvalue weighted by molar-refractivity contribution is -0.127. The standard InChI is InChI=1S/C13H20N4O/c1-15-13(18)11-4-2-3-7-17(11)9-10-5-6-16-12(14)8-10/h5-6,8,11H,2-4,7,9H2,1H3,(H2,14,16)(H,15,18). The number of hydrogen-bond acceptors (Lipinski definition) is 4. The summed E-state index contributed by atoms with van der Waals surface area (Å²) in [6.45, 7) is 1.71. The lowest BCUT2D eigenvalue weighted by Gasteiger charge is -2.34. The van der Waals surface area contributed by atoms with Crippen molar-refractivity contribution in [1.29, 1.82) is 0 Å². The van der Waals surface area contributed by atoms with Crippen LogP contribution in [-0.4, -0.2) is 35.4 Å². The van der Waals surface area contributed by atoms with Crippen LogP contribution >= 0.6 is 0 Å². The van der Waals surface area contributed by atoms with Gasteiger partial charge in [0.15, 0.2) is 0 Å². The minimum absolute atomic E-state index is 0.0156. The van der Waals surface area contributed by atoms with Gasteiger partial charge in [-0.15, -0.1) is 0 Å². The highest BCUT2D eigenvalue weighted by Crippen LogP contribution is 2.20. The molecular weight excluding hydrogens is 228 g/mol. The van der Waals surface area contributed by atoms with Gasteiger partial charge in [-0.05, 0) is 37.1 Å². The number of pyridine rings is 1. The van der Waals surface area contributed by atoms with E-state index in [1.807, 2.05) is 12.1 Å². The zero-order valence-corrected chi connectivity index (χ0v) is 10.7. The van der Waals surface area contributed by atoms with Gasteiger partial charge in [0.05, 0.1) is 6.04 Å². The van der Waals surface area contributed by atoms with Crippen molar-refractivity contribution >= 4 is 11.7 Å². The number of carbonyl (C=O) groups excluding carboxylic acids is 1. The third-order valence-corrected chi connectivity index (χ3v) is 3.39. The molecule has 0 aliphatic carbocycles. The van der Waals surface area contributed by atoms with Gasteiger partial charge in [-0.1, -0.05) is 6.42 Å². The Kier molecular flexibility index (Phi) is 4.15. The number of nitrogens with one attached hydrogen (secondary N) is 1. The topological polar surface area (TPSA) is 71.2 Å². The van der Waals surface area contributed by atoms with Crippen LogP contribution in [0, 0.1) is 0 Å². The molecule has 18 heavy (non-hydrogen) atoms. The average molecular weight is 248 g/mol. The van der Waals surface area contributed by atoms with E-state index in [0.717, 1.165) is 37.9 Å². The third kappa shape index (κ3) is 2.98. The molecule has 5 nitrogen and oxygen atoms in total. The minimum atomic E-state index is -0.0156. The van der Waals surface area contributed by atoms with Gasteiger partial charge < -0.3 is 11.1 Å². The van der Waals surface area contributed by atoms with E-state index >= 15 is 0 Å². The molecule has 1 aromatic rings. The zero-order chi connectivity index (χ0) is 13.0. The molecule has 1 amide bonds. The molecule has 0 saturated carbocycles. The van der Waals surface area contributed by atoms with Gasteiger partial charge in [0.1, 0.15) is 5.82 Å². The number of aromatic nitrogens is 1. The van der Waals surface area contributed by atoms with Crippen LogP contribution in [0.4, 0.5) is 5.82 Å². The first kappa shape index (κ1) is 12.8. The first-order valence-electron chi connectivity index (χ1n) is 6.37. The number of piperidine rings is 1. The number of likely N-dealkylation sites (N-methyl/N-ethyl adjacent to an activating group) is 1. The molecule has 1 aliphatic rings. The molecule has 2 heterocycles. The fraction of sp³-hybridized carbons (Fsp3) is 0.538. The molecule has 1 aromatic heterocycles. The van der Waals surface area contributed by atoms with Gasteiger partial charge in [0.2, 0.25) is 5.91 Å². The summed E-state index contributed by atoms with van der Waals surface area (Å²) >= 11 is 0. The second-order valence-corrected chi connectivity index (χ2v) is 4.69. The van der Waals surface area contributed by atoms with Crippen molar-refractivity contribution in [2.75, 3.05) is 19.3 Å². The van der Waals surface area contributed by atoms with E-state index in [1.54, 1.807) is 13.2 Å². The maximum atomic E-state index is 11.8. The minimum Gasteiger partial charge on any atom is -0.384 e. The van der Waals surface area contributed by atoms with Crippen molar-refractivity contribution in [1.82, 2.24) is 15.2 Å². The Labute approximate surface area is 107 Å². The number of nitrogen functional groups attached to an aromatic ring is 1. The number of amides is 1. The van der Waals surface area contributed by atoms with Gasteiger partial charge >= 0.3 is 0 Å². The van der Waals surface area contributed by atoms with Gasteiger partial charge in [-0.3, -0.25) is 9.69 Å². The second-order valence-electron chi connectivity index (χ2n) is 4.69. The summed E-state index contributed by atoms with van der Waals surface area (Å²) in [5, 5.41) is 2.74. The molecule has 3 N–H and O–H groups in total. The summed E-state index contributed by atoms with van der Waals surface area (Å²) in [6.07, 6.45) is 4.91. The smallest absolute Gasteiger partial charge is 0.237 e. The Bertz CT molecular complexity index is 421. The largest absolute Gasteiger partial charge is 0.384 e. The fourth-order valence-corrected chi connectivity index (χ4v) is 2.47. The van der Waals surface area contributed by atoms with Crippen molar-refractivity contribution < 1.29 is 4.79 Å². The maximum absolute atomic E-state index is 11.8. The molecule has 0 spiro atoms. The SMILES string of the molecule is CNC(=O)C1CCCCN1Cc1ccnc(N)c1. The van der Waals surface area contributed by atoms with E-state index in [9.17, 15) is 4.79 Å². The van der Waals surface area contributed by atoms with Crippen molar-refractivity contribution in [3.8, 4) is 0 Å². The van der Waals surface area contributed by atoms with Crippen LogP contribution < -0.4 is 11.1 Å². The molecule has 0 bridgehead atoms. The molecule has 5 heteroatoms. The number of nitrogens with two attached hydrogens (primary N) is 1. The van der Waals surface area contributed by atoms with Crippen molar-refractivity contribution in [3.05, 3.63) is 23.9 Å². The molecule has 1 unspecified atom stereocenters. The molecule has 98 valence electrons. The van der Waals surface area contributed by atoms with E-state index in [2.05, 4.69) is 15.2 Å². The first-order chi connectivity index (χ1) is 8.70. The molecule has 1 fully saturated rings. The van der Waals surface area contributed by atoms with Gasteiger partial charge in [0, 0.05) is 19.8 Å². The molecule has 2 rings (SSSR count). The molecule has 1 atom stereocenters. The Hall–Kier alpha value is -1.62. The Morgan fingerprint density at radius 3 is 3.17 bits per heavy atom. The summed E-state index contributed by atoms with van der Waals surface area (Å²) < 4.78 is 0. The van der Waals surface area contributed by atoms with E-state index in [4.69, 9.17) is 5.73 Å². The number of hydrogen-bond donors (Lipinski definition) is 2. The molecule has 1 saturated heterocycles. The fourth-order valence-electron chi connectivity index (χ4n) is 2.47. The van der Waals surface area contributed by atoms with Gasteiger partial charge in [-0.25, -0.2) is 4.98 Å². The molecule has 0 aromatic carbocycles. The van der Waals surface area contributed by atoms with E-state index in [0.29, 0.717) is 5.82 Å². The van der Waals surface area contributed by atoms with Crippen molar-refractivity contribution in [2.45, 2.75) is 31.8 Å². The number of anilines is 1. The van der Waals surface area contributed by atoms with Crippen LogP contribution in [0.1, 0.15) is 24.8 Å². The molecule has 1 aliphatic heterocycles. The van der Waals surface area contributed by atoms with Crippen LogP contribution in [0.5, 0.6) is 0 Å². The lowest BCUT2D eigenvalue weighted by Crippen LogP contribution is -2.48. The van der Waals surface area contributed by atoms with Crippen LogP contribution in [0.2, 0.25) is 0 Å². The summed E-state index contributed by atoms with van der Waals surface area (Å²) in [6, 6.07) is 3.81. The van der Waals surface area contributed by atoms with Crippen LogP contribution in [0.3, 0.4) is 0 Å². The maximum Gasteiger partial charge on any atom is 0.237 e. The van der Waals surface area contributed by atoms with Crippen molar-refractivity contribution in [2.24, 2.45) is 0 Å². The van der Waals surface area contributed by atoms with Crippen LogP contribution in [0.25, 0.3) is 0 Å². The Morgan fingerprint density at radius 2 is 2.44 bits per heavy atom. The predicted molar refractivity (Wildman–Crippen MR) is 70.8 cm³/mol. The Morgan fingerprint density at radius 1 is 1.61 bits per heavy atom. The summed E-state index contributed by atoms with van der Waals surface area (Å²) in [5.41, 5.74) is 6.78. The van der Waals surface area contributed by atoms with E-state index in [1.165, 1.54) is 0 Å².